The molecule has 2 aromatic heterocycles. The van der Waals surface area contributed by atoms with Crippen molar-refractivity contribution in [3.63, 3.8) is 0 Å². The molecule has 6 rings (SSSR count). The predicted octanol–water partition coefficient (Wildman–Crippen LogP) is 7.69. The van der Waals surface area contributed by atoms with Crippen LogP contribution in [0.15, 0.2) is 91.2 Å². The Morgan fingerprint density at radius 2 is 1.02 bits per heavy atom. The molecule has 2 N–H and O–H groups in total. The fourth-order valence-electron chi connectivity index (χ4n) is 5.18. The summed E-state index contributed by atoms with van der Waals surface area (Å²) >= 11 is 12.0. The summed E-state index contributed by atoms with van der Waals surface area (Å²) in [5, 5.41) is 19.8. The van der Waals surface area contributed by atoms with Gasteiger partial charge in [0.2, 0.25) is 10.9 Å². The molecule has 0 saturated carbocycles. The monoisotopic (exact) mass is 738 g/mol. The zero-order valence-electron chi connectivity index (χ0n) is 25.8. The van der Waals surface area contributed by atoms with Gasteiger partial charge in [-0.1, -0.05) is 23.2 Å². The molecule has 2 heterocycles. The molecule has 0 unspecified atom stereocenters. The molecule has 6 aromatic rings. The van der Waals surface area contributed by atoms with Crippen molar-refractivity contribution in [2.75, 3.05) is 26.4 Å². The third-order valence-corrected chi connectivity index (χ3v) is 7.97. The SMILES string of the molecule is O=C(O)c1c(-c2ccc(OCCOCCOc3ccc(-c4oc5cc(Cl)ccc5c(=O)c4C(=O)O)c(F)c3)cc2F)oc2cc(Cl)ccc2c1=O. The van der Waals surface area contributed by atoms with Crippen molar-refractivity contribution in [1.29, 1.82) is 0 Å². The van der Waals surface area contributed by atoms with Crippen LogP contribution in [0, 0.1) is 11.6 Å². The number of carboxylic acids is 2. The minimum atomic E-state index is -1.59. The van der Waals surface area contributed by atoms with Gasteiger partial charge in [-0.15, -0.1) is 0 Å². The first-order chi connectivity index (χ1) is 24.4. The highest BCUT2D eigenvalue weighted by molar-refractivity contribution is 6.31. The van der Waals surface area contributed by atoms with Crippen molar-refractivity contribution in [2.45, 2.75) is 0 Å². The minimum absolute atomic E-state index is 0.00758. The second kappa shape index (κ2) is 14.6. The topological polar surface area (TPSA) is 163 Å². The van der Waals surface area contributed by atoms with Crippen LogP contribution in [-0.4, -0.2) is 48.6 Å². The Bertz CT molecular complexity index is 2310. The van der Waals surface area contributed by atoms with E-state index in [1.165, 1.54) is 60.7 Å². The fourth-order valence-corrected chi connectivity index (χ4v) is 5.50. The Balaban J connectivity index is 1.04. The molecular formula is C36H22Cl2F2O11. The molecule has 11 nitrogen and oxygen atoms in total. The maximum absolute atomic E-state index is 15.1. The van der Waals surface area contributed by atoms with E-state index in [-0.39, 0.29) is 81.0 Å². The quantitative estimate of drug-likeness (QED) is 0.118. The fraction of sp³-hybridized carbons (Fsp3) is 0.111. The molecule has 51 heavy (non-hydrogen) atoms. The number of aromatic carboxylic acids is 2. The van der Waals surface area contributed by atoms with Gasteiger partial charge in [-0.3, -0.25) is 9.59 Å². The first kappa shape index (κ1) is 35.1. The van der Waals surface area contributed by atoms with Gasteiger partial charge in [-0.05, 0) is 48.5 Å². The molecular weight excluding hydrogens is 717 g/mol. The normalized spacial score (nSPS) is 11.2. The van der Waals surface area contributed by atoms with E-state index < -0.39 is 57.1 Å². The molecule has 0 spiro atoms. The third kappa shape index (κ3) is 7.26. The van der Waals surface area contributed by atoms with E-state index in [4.69, 9.17) is 46.2 Å². The zero-order chi connectivity index (χ0) is 36.4. The van der Waals surface area contributed by atoms with E-state index in [1.807, 2.05) is 0 Å². The highest BCUT2D eigenvalue weighted by atomic mass is 35.5. The van der Waals surface area contributed by atoms with Gasteiger partial charge < -0.3 is 33.3 Å². The predicted molar refractivity (Wildman–Crippen MR) is 182 cm³/mol. The Morgan fingerprint density at radius 1 is 0.608 bits per heavy atom. The number of carbonyl (C=O) groups is 2. The lowest BCUT2D eigenvalue weighted by atomic mass is 10.0. The third-order valence-electron chi connectivity index (χ3n) is 7.50. The summed E-state index contributed by atoms with van der Waals surface area (Å²) < 4.78 is 58.0. The van der Waals surface area contributed by atoms with Gasteiger partial charge in [0.15, 0.2) is 22.6 Å². The number of benzene rings is 4. The molecule has 0 saturated heterocycles. The second-order valence-electron chi connectivity index (χ2n) is 10.8. The van der Waals surface area contributed by atoms with E-state index >= 15 is 8.78 Å². The number of fused-ring (bicyclic) bond motifs is 2. The van der Waals surface area contributed by atoms with Crippen LogP contribution in [0.3, 0.4) is 0 Å². The van der Waals surface area contributed by atoms with Gasteiger partial charge in [0.25, 0.3) is 0 Å². The standard InChI is InChI=1S/C36H22Cl2F2O11/c37-17-1-5-23-27(13-17)50-33(29(31(23)41)35(43)44)21-7-3-19(15-25(21)39)48-11-9-47-10-12-49-20-4-8-22(26(40)16-20)34-30(36(45)46)32(42)24-6-2-18(38)14-28(24)51-34/h1-8,13-16H,9-12H2,(H,43,44)(H,45,46). The van der Waals surface area contributed by atoms with Gasteiger partial charge in [-0.25, -0.2) is 18.4 Å². The molecule has 0 bridgehead atoms. The molecule has 260 valence electrons. The molecule has 15 heteroatoms. The van der Waals surface area contributed by atoms with Gasteiger partial charge in [0, 0.05) is 34.3 Å². The zero-order valence-corrected chi connectivity index (χ0v) is 27.3. The summed E-state index contributed by atoms with van der Waals surface area (Å²) in [6, 6.07) is 15.3. The lowest BCUT2D eigenvalue weighted by molar-refractivity contribution is 0.0683. The van der Waals surface area contributed by atoms with Crippen LogP contribution in [0.4, 0.5) is 8.78 Å². The molecule has 0 atom stereocenters. The summed E-state index contributed by atoms with van der Waals surface area (Å²) in [5.41, 5.74) is -3.73. The Hall–Kier alpha value is -5.76. The van der Waals surface area contributed by atoms with Gasteiger partial charge in [-0.2, -0.15) is 0 Å². The van der Waals surface area contributed by atoms with Gasteiger partial charge in [0.05, 0.1) is 35.1 Å². The minimum Gasteiger partial charge on any atom is -0.491 e. The summed E-state index contributed by atoms with van der Waals surface area (Å²) in [6.07, 6.45) is 0. The Kier molecular flexibility index (Phi) is 10.1. The van der Waals surface area contributed by atoms with E-state index in [9.17, 15) is 29.4 Å². The number of hydrogen-bond donors (Lipinski definition) is 2. The number of hydrogen-bond acceptors (Lipinski definition) is 9. The molecule has 0 aliphatic heterocycles. The van der Waals surface area contributed by atoms with Gasteiger partial charge >= 0.3 is 11.9 Å². The maximum Gasteiger partial charge on any atom is 0.343 e. The van der Waals surface area contributed by atoms with Crippen LogP contribution in [0.2, 0.25) is 10.0 Å². The maximum atomic E-state index is 15.1. The van der Waals surface area contributed by atoms with Crippen molar-refractivity contribution in [2.24, 2.45) is 0 Å². The van der Waals surface area contributed by atoms with E-state index in [0.717, 1.165) is 12.1 Å². The average Bonchev–Trinajstić information content (AvgIpc) is 3.07. The van der Waals surface area contributed by atoms with Crippen LogP contribution in [0.5, 0.6) is 11.5 Å². The number of rotatable bonds is 12. The number of halogens is 4. The summed E-state index contributed by atoms with van der Waals surface area (Å²) in [6.45, 7) is 0.0687. The molecule has 0 aliphatic carbocycles. The highest BCUT2D eigenvalue weighted by Gasteiger charge is 2.26. The van der Waals surface area contributed by atoms with Crippen molar-refractivity contribution >= 4 is 57.1 Å². The Morgan fingerprint density at radius 3 is 1.39 bits per heavy atom. The molecule has 4 aromatic carbocycles. The van der Waals surface area contributed by atoms with Crippen molar-refractivity contribution in [1.82, 2.24) is 0 Å². The largest absolute Gasteiger partial charge is 0.491 e. The van der Waals surface area contributed by atoms with Crippen LogP contribution in [0.25, 0.3) is 44.6 Å². The second-order valence-corrected chi connectivity index (χ2v) is 11.6. The average molecular weight is 739 g/mol. The summed E-state index contributed by atoms with van der Waals surface area (Å²) in [5.74, 6) is -5.75. The van der Waals surface area contributed by atoms with Gasteiger partial charge in [0.1, 0.15) is 47.5 Å². The molecule has 0 radical (unpaired) electrons. The summed E-state index contributed by atoms with van der Waals surface area (Å²) in [7, 11) is 0. The van der Waals surface area contributed by atoms with Crippen molar-refractivity contribution < 1.29 is 51.6 Å². The van der Waals surface area contributed by atoms with Crippen LogP contribution >= 0.6 is 23.2 Å². The molecule has 0 aliphatic rings. The number of carboxylic acid groups (broad SMARTS) is 2. The Labute approximate surface area is 294 Å². The van der Waals surface area contributed by atoms with E-state index in [1.54, 1.807) is 0 Å². The van der Waals surface area contributed by atoms with Crippen LogP contribution < -0.4 is 20.3 Å². The first-order valence-electron chi connectivity index (χ1n) is 14.9. The van der Waals surface area contributed by atoms with E-state index in [2.05, 4.69) is 0 Å². The first-order valence-corrected chi connectivity index (χ1v) is 15.6. The number of ether oxygens (including phenoxy) is 3. The summed E-state index contributed by atoms with van der Waals surface area (Å²) in [4.78, 5) is 49.5. The lowest BCUT2D eigenvalue weighted by Crippen LogP contribution is -2.17. The van der Waals surface area contributed by atoms with Crippen LogP contribution in [0.1, 0.15) is 20.7 Å². The van der Waals surface area contributed by atoms with Crippen molar-refractivity contribution in [3.8, 4) is 34.1 Å². The molecule has 0 fully saturated rings. The smallest absolute Gasteiger partial charge is 0.343 e. The molecule has 0 amide bonds. The van der Waals surface area contributed by atoms with Crippen molar-refractivity contribution in [3.05, 3.63) is 126 Å². The highest BCUT2D eigenvalue weighted by Crippen LogP contribution is 2.33. The van der Waals surface area contributed by atoms with Crippen LogP contribution in [-0.2, 0) is 4.74 Å². The van der Waals surface area contributed by atoms with E-state index in [0.29, 0.717) is 0 Å². The lowest BCUT2D eigenvalue weighted by Gasteiger charge is -2.12.